The summed E-state index contributed by atoms with van der Waals surface area (Å²) in [6.45, 7) is 12.5. The Morgan fingerprint density at radius 3 is 2.00 bits per heavy atom. The van der Waals surface area contributed by atoms with Gasteiger partial charge in [-0.3, -0.25) is 0 Å². The molecule has 3 fully saturated rings. The molecule has 3 rings (SSSR count). The van der Waals surface area contributed by atoms with Crippen molar-refractivity contribution in [3.8, 4) is 0 Å². The third-order valence-electron chi connectivity index (χ3n) is 4.17. The first-order chi connectivity index (χ1) is 8.61. The van der Waals surface area contributed by atoms with Crippen LogP contribution in [0.4, 0.5) is 0 Å². The standard InChI is InChI=1S/C14H24O5/c1-12(2)9(8-7-15-13(3,4)17-8)16-11-10(12)18-14(5,6)19-11/h8-11H,7H2,1-6H3/t8?,9-,10+,11-/m1/s1. The van der Waals surface area contributed by atoms with E-state index in [0.29, 0.717) is 6.61 Å². The Bertz CT molecular complexity index is 376. The Kier molecular flexibility index (Phi) is 2.84. The van der Waals surface area contributed by atoms with Gasteiger partial charge < -0.3 is 23.7 Å². The second-order valence-electron chi connectivity index (χ2n) is 7.17. The molecule has 0 amide bonds. The summed E-state index contributed by atoms with van der Waals surface area (Å²) in [5.41, 5.74) is -0.174. The van der Waals surface area contributed by atoms with Gasteiger partial charge in [-0.2, -0.15) is 0 Å². The van der Waals surface area contributed by atoms with Crippen LogP contribution < -0.4 is 0 Å². The molecule has 3 saturated heterocycles. The SMILES string of the molecule is CC1(C)OCC([C@H]2O[C@@H]3OC(C)(C)O[C@@H]3C2(C)C)O1. The summed E-state index contributed by atoms with van der Waals surface area (Å²) < 4.78 is 29.4. The Balaban J connectivity index is 1.77. The molecule has 0 N–H and O–H groups in total. The monoisotopic (exact) mass is 272 g/mol. The first kappa shape index (κ1) is 13.8. The van der Waals surface area contributed by atoms with Crippen LogP contribution in [0.25, 0.3) is 0 Å². The normalized spacial score (nSPS) is 46.4. The molecule has 0 radical (unpaired) electrons. The van der Waals surface area contributed by atoms with E-state index < -0.39 is 11.6 Å². The van der Waals surface area contributed by atoms with Gasteiger partial charge in [0.1, 0.15) is 12.2 Å². The second-order valence-corrected chi connectivity index (χ2v) is 7.17. The molecular formula is C14H24O5. The largest absolute Gasteiger partial charge is 0.348 e. The molecule has 3 aliphatic rings. The Morgan fingerprint density at radius 1 is 0.789 bits per heavy atom. The highest BCUT2D eigenvalue weighted by atomic mass is 16.8. The fourth-order valence-corrected chi connectivity index (χ4v) is 3.25. The van der Waals surface area contributed by atoms with E-state index in [1.807, 2.05) is 27.7 Å². The lowest BCUT2D eigenvalue weighted by Gasteiger charge is -2.34. The lowest BCUT2D eigenvalue weighted by Crippen LogP contribution is -2.44. The van der Waals surface area contributed by atoms with Gasteiger partial charge in [0, 0.05) is 5.41 Å². The molecule has 19 heavy (non-hydrogen) atoms. The Morgan fingerprint density at radius 2 is 1.47 bits per heavy atom. The van der Waals surface area contributed by atoms with Crippen molar-refractivity contribution in [1.82, 2.24) is 0 Å². The second kappa shape index (κ2) is 3.92. The first-order valence-corrected chi connectivity index (χ1v) is 6.94. The molecule has 110 valence electrons. The molecule has 0 aromatic rings. The summed E-state index contributed by atoms with van der Waals surface area (Å²) in [4.78, 5) is 0. The van der Waals surface area contributed by atoms with Gasteiger partial charge in [-0.1, -0.05) is 13.8 Å². The van der Waals surface area contributed by atoms with Crippen LogP contribution in [0.3, 0.4) is 0 Å². The van der Waals surface area contributed by atoms with Crippen molar-refractivity contribution in [1.29, 1.82) is 0 Å². The third-order valence-corrected chi connectivity index (χ3v) is 4.17. The fourth-order valence-electron chi connectivity index (χ4n) is 3.25. The number of rotatable bonds is 1. The fraction of sp³-hybridized carbons (Fsp3) is 1.00. The van der Waals surface area contributed by atoms with E-state index in [1.54, 1.807) is 0 Å². The Labute approximate surface area is 114 Å². The van der Waals surface area contributed by atoms with Crippen molar-refractivity contribution in [3.63, 3.8) is 0 Å². The van der Waals surface area contributed by atoms with Crippen LogP contribution in [0, 0.1) is 5.41 Å². The van der Waals surface area contributed by atoms with Gasteiger partial charge >= 0.3 is 0 Å². The van der Waals surface area contributed by atoms with E-state index in [9.17, 15) is 0 Å². The molecule has 5 nitrogen and oxygen atoms in total. The van der Waals surface area contributed by atoms with Gasteiger partial charge in [0.25, 0.3) is 0 Å². The average molecular weight is 272 g/mol. The summed E-state index contributed by atoms with van der Waals surface area (Å²) in [5, 5.41) is 0. The number of hydrogen-bond donors (Lipinski definition) is 0. The molecule has 5 heteroatoms. The summed E-state index contributed by atoms with van der Waals surface area (Å²) in [6, 6.07) is 0. The minimum absolute atomic E-state index is 0.0696. The van der Waals surface area contributed by atoms with E-state index in [-0.39, 0.29) is 30.0 Å². The zero-order chi connectivity index (χ0) is 14.1. The maximum Gasteiger partial charge on any atom is 0.188 e. The maximum absolute atomic E-state index is 6.06. The summed E-state index contributed by atoms with van der Waals surface area (Å²) in [6.07, 6.45) is -0.548. The van der Waals surface area contributed by atoms with Gasteiger partial charge in [-0.05, 0) is 27.7 Å². The van der Waals surface area contributed by atoms with Crippen LogP contribution in [0.5, 0.6) is 0 Å². The number of hydrogen-bond acceptors (Lipinski definition) is 5. The number of ether oxygens (including phenoxy) is 5. The zero-order valence-corrected chi connectivity index (χ0v) is 12.6. The Hall–Kier alpha value is -0.200. The van der Waals surface area contributed by atoms with Crippen LogP contribution >= 0.6 is 0 Å². The predicted octanol–water partition coefficient (Wildman–Crippen LogP) is 2.04. The molecule has 0 saturated carbocycles. The molecule has 0 aliphatic carbocycles. The average Bonchev–Trinajstić information content (AvgIpc) is 2.80. The molecule has 0 aromatic heterocycles. The van der Waals surface area contributed by atoms with Crippen LogP contribution in [-0.4, -0.2) is 42.8 Å². The summed E-state index contributed by atoms with van der Waals surface area (Å²) in [5.74, 6) is -1.12. The maximum atomic E-state index is 6.06. The predicted molar refractivity (Wildman–Crippen MR) is 67.4 cm³/mol. The lowest BCUT2D eigenvalue weighted by molar-refractivity contribution is -0.234. The van der Waals surface area contributed by atoms with Crippen LogP contribution in [0.2, 0.25) is 0 Å². The first-order valence-electron chi connectivity index (χ1n) is 6.94. The van der Waals surface area contributed by atoms with Gasteiger partial charge in [-0.25, -0.2) is 0 Å². The zero-order valence-electron chi connectivity index (χ0n) is 12.6. The molecule has 0 spiro atoms. The molecule has 0 aromatic carbocycles. The van der Waals surface area contributed by atoms with E-state index >= 15 is 0 Å². The van der Waals surface area contributed by atoms with Crippen molar-refractivity contribution in [3.05, 3.63) is 0 Å². The van der Waals surface area contributed by atoms with Gasteiger partial charge in [0.15, 0.2) is 17.9 Å². The molecular weight excluding hydrogens is 248 g/mol. The van der Waals surface area contributed by atoms with Crippen molar-refractivity contribution in [2.45, 2.75) is 77.7 Å². The third kappa shape index (κ3) is 2.21. The highest BCUT2D eigenvalue weighted by Gasteiger charge is 2.62. The van der Waals surface area contributed by atoms with Gasteiger partial charge in [-0.15, -0.1) is 0 Å². The van der Waals surface area contributed by atoms with E-state index in [2.05, 4.69) is 13.8 Å². The molecule has 3 heterocycles. The molecule has 3 aliphatic heterocycles. The molecule has 1 unspecified atom stereocenters. The summed E-state index contributed by atoms with van der Waals surface area (Å²) >= 11 is 0. The van der Waals surface area contributed by atoms with Gasteiger partial charge in [0.2, 0.25) is 0 Å². The molecule has 0 bridgehead atoms. The number of fused-ring (bicyclic) bond motifs is 1. The molecule has 4 atom stereocenters. The topological polar surface area (TPSA) is 46.2 Å². The quantitative estimate of drug-likeness (QED) is 0.731. The minimum atomic E-state index is -0.579. The van der Waals surface area contributed by atoms with Crippen LogP contribution in [0.15, 0.2) is 0 Å². The highest BCUT2D eigenvalue weighted by molar-refractivity contribution is 5.02. The summed E-state index contributed by atoms with van der Waals surface area (Å²) in [7, 11) is 0. The lowest BCUT2D eigenvalue weighted by atomic mass is 9.80. The highest BCUT2D eigenvalue weighted by Crippen LogP contribution is 2.50. The van der Waals surface area contributed by atoms with Crippen molar-refractivity contribution in [2.24, 2.45) is 5.41 Å². The van der Waals surface area contributed by atoms with E-state index in [0.717, 1.165) is 0 Å². The van der Waals surface area contributed by atoms with Crippen LogP contribution in [0.1, 0.15) is 41.5 Å². The van der Waals surface area contributed by atoms with Crippen molar-refractivity contribution < 1.29 is 23.7 Å². The van der Waals surface area contributed by atoms with Crippen molar-refractivity contribution in [2.75, 3.05) is 6.61 Å². The van der Waals surface area contributed by atoms with E-state index in [1.165, 1.54) is 0 Å². The van der Waals surface area contributed by atoms with E-state index in [4.69, 9.17) is 23.7 Å². The van der Waals surface area contributed by atoms with Gasteiger partial charge in [0.05, 0.1) is 12.7 Å². The van der Waals surface area contributed by atoms with Crippen molar-refractivity contribution >= 4 is 0 Å². The van der Waals surface area contributed by atoms with Crippen LogP contribution in [-0.2, 0) is 23.7 Å². The minimum Gasteiger partial charge on any atom is -0.348 e. The smallest absolute Gasteiger partial charge is 0.188 e.